The summed E-state index contributed by atoms with van der Waals surface area (Å²) in [5.74, 6) is 0. The minimum atomic E-state index is 0.926. The number of hydrogen-bond donors (Lipinski definition) is 1. The zero-order valence-electron chi connectivity index (χ0n) is 4.47. The average Bonchev–Trinajstić information content (AvgIpc) is 1.68. The van der Waals surface area contributed by atoms with Gasteiger partial charge in [0.1, 0.15) is 0 Å². The quantitative estimate of drug-likeness (QED) is 0.636. The summed E-state index contributed by atoms with van der Waals surface area (Å²) in [4.78, 5) is 0. The lowest BCUT2D eigenvalue weighted by Crippen LogP contribution is -1.74. The van der Waals surface area contributed by atoms with E-state index >= 15 is 0 Å². The van der Waals surface area contributed by atoms with Gasteiger partial charge in [-0.3, -0.25) is 0 Å². The van der Waals surface area contributed by atoms with Crippen molar-refractivity contribution < 1.29 is 0 Å². The van der Waals surface area contributed by atoms with Gasteiger partial charge in [-0.2, -0.15) is 0 Å². The third-order valence-electron chi connectivity index (χ3n) is 0.533. The Kier molecular flexibility index (Phi) is 4.36. The van der Waals surface area contributed by atoms with E-state index in [0.717, 1.165) is 4.48 Å². The molecule has 0 rings (SSSR count). The van der Waals surface area contributed by atoms with Crippen molar-refractivity contribution in [2.45, 2.75) is 0 Å². The molecular formula is C6H8BrN. The SMILES string of the molecule is C=C/C=C(Br)\C=C/N. The van der Waals surface area contributed by atoms with Gasteiger partial charge in [0.15, 0.2) is 0 Å². The number of hydrogen-bond acceptors (Lipinski definition) is 1. The van der Waals surface area contributed by atoms with Gasteiger partial charge in [-0.15, -0.1) is 0 Å². The zero-order chi connectivity index (χ0) is 6.41. The first-order chi connectivity index (χ1) is 3.81. The second-order valence-corrected chi connectivity index (χ2v) is 2.06. The molecule has 2 heteroatoms. The predicted molar refractivity (Wildman–Crippen MR) is 40.5 cm³/mol. The maximum absolute atomic E-state index is 5.07. The smallest absolute Gasteiger partial charge is 0.0189 e. The van der Waals surface area contributed by atoms with E-state index in [1.54, 1.807) is 12.2 Å². The first-order valence-corrected chi connectivity index (χ1v) is 2.97. The average molecular weight is 174 g/mol. The van der Waals surface area contributed by atoms with Gasteiger partial charge < -0.3 is 5.73 Å². The van der Waals surface area contributed by atoms with Crippen molar-refractivity contribution >= 4 is 15.9 Å². The van der Waals surface area contributed by atoms with Crippen molar-refractivity contribution in [3.63, 3.8) is 0 Å². The van der Waals surface area contributed by atoms with Crippen LogP contribution < -0.4 is 5.73 Å². The molecule has 0 spiro atoms. The molecule has 0 unspecified atom stereocenters. The number of halogens is 1. The zero-order valence-corrected chi connectivity index (χ0v) is 6.06. The van der Waals surface area contributed by atoms with Crippen LogP contribution in [-0.4, -0.2) is 0 Å². The summed E-state index contributed by atoms with van der Waals surface area (Å²) in [6, 6.07) is 0. The molecule has 44 valence electrons. The van der Waals surface area contributed by atoms with Crippen molar-refractivity contribution in [2.24, 2.45) is 5.73 Å². The molecule has 0 saturated heterocycles. The summed E-state index contributed by atoms with van der Waals surface area (Å²) in [5.41, 5.74) is 5.07. The first kappa shape index (κ1) is 7.50. The van der Waals surface area contributed by atoms with Gasteiger partial charge in [0, 0.05) is 4.48 Å². The van der Waals surface area contributed by atoms with Crippen LogP contribution in [0.3, 0.4) is 0 Å². The van der Waals surface area contributed by atoms with Gasteiger partial charge in [-0.1, -0.05) is 28.6 Å². The van der Waals surface area contributed by atoms with Crippen molar-refractivity contribution in [2.75, 3.05) is 0 Å². The fraction of sp³-hybridized carbons (Fsp3) is 0. The van der Waals surface area contributed by atoms with E-state index in [4.69, 9.17) is 5.73 Å². The van der Waals surface area contributed by atoms with Gasteiger partial charge in [0.2, 0.25) is 0 Å². The molecular weight excluding hydrogens is 166 g/mol. The minimum absolute atomic E-state index is 0.926. The van der Waals surface area contributed by atoms with Crippen LogP contribution in [0.2, 0.25) is 0 Å². The van der Waals surface area contributed by atoms with Crippen LogP contribution in [-0.2, 0) is 0 Å². The molecule has 0 bridgehead atoms. The van der Waals surface area contributed by atoms with Crippen LogP contribution in [0.15, 0.2) is 35.5 Å². The van der Waals surface area contributed by atoms with Gasteiger partial charge in [-0.25, -0.2) is 0 Å². The maximum atomic E-state index is 5.07. The maximum Gasteiger partial charge on any atom is 0.0189 e. The third kappa shape index (κ3) is 3.68. The van der Waals surface area contributed by atoms with E-state index in [-0.39, 0.29) is 0 Å². The molecule has 0 aliphatic carbocycles. The molecule has 8 heavy (non-hydrogen) atoms. The van der Waals surface area contributed by atoms with E-state index in [2.05, 4.69) is 22.5 Å². The van der Waals surface area contributed by atoms with Crippen molar-refractivity contribution in [1.82, 2.24) is 0 Å². The molecule has 0 saturated carbocycles. The second kappa shape index (κ2) is 4.65. The van der Waals surface area contributed by atoms with Crippen LogP contribution in [0.25, 0.3) is 0 Å². The highest BCUT2D eigenvalue weighted by Crippen LogP contribution is 2.04. The van der Waals surface area contributed by atoms with E-state index in [1.807, 2.05) is 6.08 Å². The van der Waals surface area contributed by atoms with Gasteiger partial charge in [-0.05, 0) is 18.4 Å². The standard InChI is InChI=1S/C6H8BrN/c1-2-3-6(7)4-5-8/h2-5H,1,8H2/b5-4-,6-3+. The molecule has 1 nitrogen and oxygen atoms in total. The number of allylic oxidation sites excluding steroid dienone is 4. The molecule has 0 aromatic rings. The molecule has 0 fully saturated rings. The van der Waals surface area contributed by atoms with E-state index in [9.17, 15) is 0 Å². The summed E-state index contributed by atoms with van der Waals surface area (Å²) in [7, 11) is 0. The van der Waals surface area contributed by atoms with E-state index < -0.39 is 0 Å². The molecule has 0 aromatic heterocycles. The van der Waals surface area contributed by atoms with E-state index in [0.29, 0.717) is 0 Å². The highest BCUT2D eigenvalue weighted by Gasteiger charge is 1.74. The Labute approximate surface area is 57.7 Å². The first-order valence-electron chi connectivity index (χ1n) is 2.17. The van der Waals surface area contributed by atoms with Crippen molar-refractivity contribution in [3.05, 3.63) is 35.5 Å². The second-order valence-electron chi connectivity index (χ2n) is 1.15. The van der Waals surface area contributed by atoms with Crippen LogP contribution in [0.5, 0.6) is 0 Å². The summed E-state index contributed by atoms with van der Waals surface area (Å²) < 4.78 is 0.926. The van der Waals surface area contributed by atoms with Gasteiger partial charge in [0.05, 0.1) is 0 Å². The van der Waals surface area contributed by atoms with Crippen molar-refractivity contribution in [1.29, 1.82) is 0 Å². The fourth-order valence-corrected chi connectivity index (χ4v) is 0.600. The highest BCUT2D eigenvalue weighted by molar-refractivity contribution is 9.11. The number of rotatable bonds is 2. The summed E-state index contributed by atoms with van der Waals surface area (Å²) in [6.45, 7) is 3.50. The summed E-state index contributed by atoms with van der Waals surface area (Å²) in [5, 5.41) is 0. The molecule has 0 amide bonds. The van der Waals surface area contributed by atoms with E-state index in [1.165, 1.54) is 6.20 Å². The molecule has 0 aromatic carbocycles. The monoisotopic (exact) mass is 173 g/mol. The van der Waals surface area contributed by atoms with Crippen LogP contribution >= 0.6 is 15.9 Å². The normalized spacial score (nSPS) is 12.4. The van der Waals surface area contributed by atoms with Crippen LogP contribution in [0, 0.1) is 0 Å². The lowest BCUT2D eigenvalue weighted by molar-refractivity contribution is 1.60. The topological polar surface area (TPSA) is 26.0 Å². The van der Waals surface area contributed by atoms with Crippen LogP contribution in [0.1, 0.15) is 0 Å². The fourth-order valence-electron chi connectivity index (χ4n) is 0.260. The Morgan fingerprint density at radius 3 is 2.62 bits per heavy atom. The molecule has 2 N–H and O–H groups in total. The highest BCUT2D eigenvalue weighted by atomic mass is 79.9. The Bertz CT molecular complexity index is 124. The molecule has 0 heterocycles. The van der Waals surface area contributed by atoms with Gasteiger partial charge >= 0.3 is 0 Å². The predicted octanol–water partition coefficient (Wildman–Crippen LogP) is 1.92. The molecule has 0 radical (unpaired) electrons. The Morgan fingerprint density at radius 1 is 1.62 bits per heavy atom. The third-order valence-corrected chi connectivity index (χ3v) is 1.06. The number of nitrogens with two attached hydrogens (primary N) is 1. The largest absolute Gasteiger partial charge is 0.405 e. The minimum Gasteiger partial charge on any atom is -0.405 e. The summed E-state index contributed by atoms with van der Waals surface area (Å²) >= 11 is 3.22. The lowest BCUT2D eigenvalue weighted by atomic mass is 10.5. The van der Waals surface area contributed by atoms with Crippen molar-refractivity contribution in [3.8, 4) is 0 Å². The Balaban J connectivity index is 3.79. The molecule has 0 atom stereocenters. The van der Waals surface area contributed by atoms with Gasteiger partial charge in [0.25, 0.3) is 0 Å². The lowest BCUT2D eigenvalue weighted by Gasteiger charge is -1.80. The molecule has 0 aliphatic rings. The Hall–Kier alpha value is -0.500. The summed E-state index contributed by atoms with van der Waals surface area (Å²) in [6.07, 6.45) is 6.69. The van der Waals surface area contributed by atoms with Crippen LogP contribution in [0.4, 0.5) is 0 Å². The Morgan fingerprint density at radius 2 is 2.25 bits per heavy atom. The molecule has 0 aliphatic heterocycles.